The van der Waals surface area contributed by atoms with Crippen molar-refractivity contribution >= 4 is 5.97 Å². The zero-order valence-corrected chi connectivity index (χ0v) is 11.7. The molecule has 4 nitrogen and oxygen atoms in total. The van der Waals surface area contributed by atoms with Crippen LogP contribution in [0.4, 0.5) is 13.2 Å². The van der Waals surface area contributed by atoms with Crippen molar-refractivity contribution in [1.29, 1.82) is 0 Å². The fraction of sp³-hybridized carbons (Fsp3) is 0.500. The summed E-state index contributed by atoms with van der Waals surface area (Å²) in [6.07, 6.45) is -4.09. The summed E-state index contributed by atoms with van der Waals surface area (Å²) in [4.78, 5) is 11.2. The predicted molar refractivity (Wildman–Crippen MR) is 70.7 cm³/mol. The summed E-state index contributed by atoms with van der Waals surface area (Å²) in [5.41, 5.74) is 6.19. The Labute approximate surface area is 121 Å². The molecule has 0 aromatic heterocycles. The Kier molecular flexibility index (Phi) is 6.48. The van der Waals surface area contributed by atoms with E-state index in [2.05, 4.69) is 4.74 Å². The smallest absolute Gasteiger partial charge is 0.466 e. The van der Waals surface area contributed by atoms with Crippen LogP contribution in [0.1, 0.15) is 25.3 Å². The molecule has 0 aliphatic heterocycles. The highest BCUT2D eigenvalue weighted by atomic mass is 19.4. The van der Waals surface area contributed by atoms with Gasteiger partial charge in [0.25, 0.3) is 0 Å². The lowest BCUT2D eigenvalue weighted by Gasteiger charge is -2.16. The van der Waals surface area contributed by atoms with Crippen LogP contribution in [0.3, 0.4) is 0 Å². The van der Waals surface area contributed by atoms with E-state index in [9.17, 15) is 18.0 Å². The lowest BCUT2D eigenvalue weighted by Crippen LogP contribution is -2.25. The monoisotopic (exact) mass is 305 g/mol. The normalized spacial score (nSPS) is 12.8. The Bertz CT molecular complexity index is 463. The number of carbonyl (C=O) groups excluding carboxylic acids is 1. The molecule has 0 saturated heterocycles. The SMILES string of the molecule is CCOC(=O)CCC(N)Cc1ccccc1OC(F)(F)F. The number of halogens is 3. The van der Waals surface area contributed by atoms with Crippen LogP contribution in [-0.2, 0) is 16.0 Å². The number of carbonyl (C=O) groups is 1. The Morgan fingerprint density at radius 2 is 2.00 bits per heavy atom. The molecule has 1 rings (SSSR count). The first-order valence-electron chi connectivity index (χ1n) is 6.56. The van der Waals surface area contributed by atoms with E-state index < -0.39 is 12.4 Å². The largest absolute Gasteiger partial charge is 0.573 e. The first-order valence-corrected chi connectivity index (χ1v) is 6.56. The van der Waals surface area contributed by atoms with Crippen LogP contribution in [0.5, 0.6) is 5.75 Å². The Morgan fingerprint density at radius 1 is 1.33 bits per heavy atom. The van der Waals surface area contributed by atoms with E-state index in [0.717, 1.165) is 0 Å². The number of nitrogens with two attached hydrogens (primary N) is 1. The Balaban J connectivity index is 2.59. The maximum absolute atomic E-state index is 12.3. The quantitative estimate of drug-likeness (QED) is 0.787. The third kappa shape index (κ3) is 6.99. The van der Waals surface area contributed by atoms with Gasteiger partial charge in [-0.3, -0.25) is 4.79 Å². The molecular formula is C14H18F3NO3. The van der Waals surface area contributed by atoms with Gasteiger partial charge in [0.05, 0.1) is 6.61 Å². The number of esters is 1. The molecule has 0 bridgehead atoms. The molecule has 1 unspecified atom stereocenters. The summed E-state index contributed by atoms with van der Waals surface area (Å²) in [6.45, 7) is 1.98. The summed E-state index contributed by atoms with van der Waals surface area (Å²) in [5, 5.41) is 0. The summed E-state index contributed by atoms with van der Waals surface area (Å²) < 4.78 is 45.6. The molecule has 118 valence electrons. The van der Waals surface area contributed by atoms with Crippen molar-refractivity contribution in [2.45, 2.75) is 38.6 Å². The number of para-hydroxylation sites is 1. The summed E-state index contributed by atoms with van der Waals surface area (Å²) >= 11 is 0. The van der Waals surface area contributed by atoms with Crippen LogP contribution in [0, 0.1) is 0 Å². The summed E-state index contributed by atoms with van der Waals surface area (Å²) in [5.74, 6) is -0.635. The number of rotatable bonds is 7. The van der Waals surface area contributed by atoms with Gasteiger partial charge in [0, 0.05) is 12.5 Å². The molecule has 1 aromatic rings. The molecule has 1 aromatic carbocycles. The average molecular weight is 305 g/mol. The molecule has 2 N–H and O–H groups in total. The highest BCUT2D eigenvalue weighted by Crippen LogP contribution is 2.27. The van der Waals surface area contributed by atoms with E-state index in [1.807, 2.05) is 0 Å². The van der Waals surface area contributed by atoms with Gasteiger partial charge in [-0.15, -0.1) is 13.2 Å². The summed E-state index contributed by atoms with van der Waals surface area (Å²) in [6, 6.07) is 5.37. The fourth-order valence-corrected chi connectivity index (χ4v) is 1.82. The van der Waals surface area contributed by atoms with E-state index >= 15 is 0 Å². The third-order valence-corrected chi connectivity index (χ3v) is 2.70. The zero-order valence-electron chi connectivity index (χ0n) is 11.7. The van der Waals surface area contributed by atoms with Crippen molar-refractivity contribution < 1.29 is 27.4 Å². The molecule has 0 saturated carbocycles. The molecule has 0 aliphatic rings. The van der Waals surface area contributed by atoms with E-state index in [4.69, 9.17) is 10.5 Å². The van der Waals surface area contributed by atoms with Gasteiger partial charge in [-0.25, -0.2) is 0 Å². The van der Waals surface area contributed by atoms with Gasteiger partial charge in [-0.1, -0.05) is 18.2 Å². The van der Waals surface area contributed by atoms with Crippen molar-refractivity contribution in [1.82, 2.24) is 0 Å². The zero-order chi connectivity index (χ0) is 15.9. The maximum atomic E-state index is 12.3. The van der Waals surface area contributed by atoms with Gasteiger partial charge in [-0.2, -0.15) is 0 Å². The molecular weight excluding hydrogens is 287 g/mol. The van der Waals surface area contributed by atoms with Crippen LogP contribution >= 0.6 is 0 Å². The van der Waals surface area contributed by atoms with Gasteiger partial charge >= 0.3 is 12.3 Å². The summed E-state index contributed by atoms with van der Waals surface area (Å²) in [7, 11) is 0. The van der Waals surface area contributed by atoms with Crippen LogP contribution < -0.4 is 10.5 Å². The molecule has 0 radical (unpaired) electrons. The molecule has 0 fully saturated rings. The second-order valence-corrected chi connectivity index (χ2v) is 4.46. The maximum Gasteiger partial charge on any atom is 0.573 e. The highest BCUT2D eigenvalue weighted by molar-refractivity contribution is 5.69. The second kappa shape index (κ2) is 7.87. The lowest BCUT2D eigenvalue weighted by molar-refractivity contribution is -0.274. The topological polar surface area (TPSA) is 61.5 Å². The van der Waals surface area contributed by atoms with Crippen LogP contribution in [-0.4, -0.2) is 25.0 Å². The van der Waals surface area contributed by atoms with Gasteiger partial charge in [0.15, 0.2) is 0 Å². The molecule has 0 heterocycles. The first-order chi connectivity index (χ1) is 9.81. The van der Waals surface area contributed by atoms with Crippen LogP contribution in [0.15, 0.2) is 24.3 Å². The van der Waals surface area contributed by atoms with Crippen molar-refractivity contribution in [3.63, 3.8) is 0 Å². The number of benzene rings is 1. The average Bonchev–Trinajstić information content (AvgIpc) is 2.37. The minimum absolute atomic E-state index is 0.136. The van der Waals surface area contributed by atoms with Crippen molar-refractivity contribution in [3.05, 3.63) is 29.8 Å². The van der Waals surface area contributed by atoms with E-state index in [0.29, 0.717) is 12.0 Å². The van der Waals surface area contributed by atoms with Crippen molar-refractivity contribution in [2.24, 2.45) is 5.73 Å². The molecule has 1 atom stereocenters. The number of alkyl halides is 3. The molecule has 0 spiro atoms. The van der Waals surface area contributed by atoms with E-state index in [1.54, 1.807) is 13.0 Å². The van der Waals surface area contributed by atoms with Gasteiger partial charge in [0.1, 0.15) is 5.75 Å². The molecule has 0 aliphatic carbocycles. The second-order valence-electron chi connectivity index (χ2n) is 4.46. The van der Waals surface area contributed by atoms with Crippen LogP contribution in [0.2, 0.25) is 0 Å². The molecule has 21 heavy (non-hydrogen) atoms. The van der Waals surface area contributed by atoms with E-state index in [1.165, 1.54) is 18.2 Å². The van der Waals surface area contributed by atoms with Crippen LogP contribution in [0.25, 0.3) is 0 Å². The Hall–Kier alpha value is -1.76. The first kappa shape index (κ1) is 17.3. The minimum atomic E-state index is -4.74. The Morgan fingerprint density at radius 3 is 2.62 bits per heavy atom. The molecule has 7 heteroatoms. The van der Waals surface area contributed by atoms with Crippen molar-refractivity contribution in [3.8, 4) is 5.75 Å². The number of hydrogen-bond donors (Lipinski definition) is 1. The molecule has 0 amide bonds. The minimum Gasteiger partial charge on any atom is -0.466 e. The fourth-order valence-electron chi connectivity index (χ4n) is 1.82. The third-order valence-electron chi connectivity index (χ3n) is 2.70. The highest BCUT2D eigenvalue weighted by Gasteiger charge is 2.32. The van der Waals surface area contributed by atoms with Gasteiger partial charge in [0.2, 0.25) is 0 Å². The number of hydrogen-bond acceptors (Lipinski definition) is 4. The van der Waals surface area contributed by atoms with Crippen molar-refractivity contribution in [2.75, 3.05) is 6.61 Å². The van der Waals surface area contributed by atoms with Gasteiger partial charge in [-0.05, 0) is 31.4 Å². The predicted octanol–water partition coefficient (Wildman–Crippen LogP) is 2.80. The lowest BCUT2D eigenvalue weighted by atomic mass is 10.0. The number of ether oxygens (including phenoxy) is 2. The van der Waals surface area contributed by atoms with E-state index in [-0.39, 0.29) is 31.2 Å². The van der Waals surface area contributed by atoms with Gasteiger partial charge < -0.3 is 15.2 Å². The standard InChI is InChI=1S/C14H18F3NO3/c1-2-20-13(19)8-7-11(18)9-10-5-3-4-6-12(10)21-14(15,16)17/h3-6,11H,2,7-9,18H2,1H3.